The van der Waals surface area contributed by atoms with Gasteiger partial charge < -0.3 is 109 Å². The minimum Gasteiger partial charge on any atom is -0.668 e. The van der Waals surface area contributed by atoms with Gasteiger partial charge in [-0.1, -0.05) is 64.7 Å². The van der Waals surface area contributed by atoms with E-state index in [0.29, 0.717) is 128 Å². The van der Waals surface area contributed by atoms with E-state index in [-0.39, 0.29) is 267 Å². The second-order valence-electron chi connectivity index (χ2n) is 30.5. The first-order valence-corrected chi connectivity index (χ1v) is 44.8. The summed E-state index contributed by atoms with van der Waals surface area (Å²) in [6, 6.07) is 0. The molecule has 0 unspecified atom stereocenters. The molecular weight excluding hydrogens is 2000 g/mol. The van der Waals surface area contributed by atoms with Crippen molar-refractivity contribution in [2.75, 3.05) is 169 Å². The summed E-state index contributed by atoms with van der Waals surface area (Å²) in [5, 5.41) is 31.4. The summed E-state index contributed by atoms with van der Waals surface area (Å²) in [6.45, 7) is 3.66. The van der Waals surface area contributed by atoms with Crippen molar-refractivity contribution in [3.05, 3.63) is 11.5 Å². The number of ketones is 4. The number of amides is 15. The van der Waals surface area contributed by atoms with Crippen molar-refractivity contribution in [2.24, 2.45) is 5.41 Å². The van der Waals surface area contributed by atoms with Crippen molar-refractivity contribution >= 4 is 112 Å². The molecule has 15 amide bonds. The Bertz CT molecular complexity index is 2930. The maximum Gasteiger partial charge on any atom is 0.239 e. The molecule has 0 radical (unpaired) electrons. The van der Waals surface area contributed by atoms with Gasteiger partial charge in [-0.3, -0.25) is 86.4 Å². The minimum atomic E-state index is -0.806. The smallest absolute Gasteiger partial charge is 0.239 e. The first-order chi connectivity index (χ1) is 60.3. The zero-order chi connectivity index (χ0) is 95.2. The average Bonchev–Trinajstić information content (AvgIpc) is 0.877. The first-order valence-electron chi connectivity index (χ1n) is 44.8. The molecule has 0 saturated carbocycles. The van der Waals surface area contributed by atoms with Crippen LogP contribution in [0.15, 0.2) is 0 Å². The molecule has 0 rings (SSSR count). The van der Waals surface area contributed by atoms with Crippen molar-refractivity contribution in [2.45, 2.75) is 270 Å². The number of nitrogens with one attached hydrogen (secondary N) is 14. The Kier molecular flexibility index (Phi) is 94.1. The summed E-state index contributed by atoms with van der Waals surface area (Å²) >= 11 is 0. The van der Waals surface area contributed by atoms with Crippen LogP contribution in [0.2, 0.25) is 0 Å². The molecule has 0 aromatic carbocycles. The van der Waals surface area contributed by atoms with E-state index in [1.807, 2.05) is 6.92 Å². The molecule has 0 aromatic heterocycles. The van der Waals surface area contributed by atoms with E-state index in [4.69, 9.17) is 30.4 Å². The van der Waals surface area contributed by atoms with Gasteiger partial charge in [0.25, 0.3) is 0 Å². The van der Waals surface area contributed by atoms with Crippen LogP contribution in [-0.2, 0) is 152 Å². The molecule has 0 spiro atoms. The van der Waals surface area contributed by atoms with E-state index < -0.39 is 23.1 Å². The molecule has 41 heteroatoms. The number of carbonyl (C=O) groups is 19. The van der Waals surface area contributed by atoms with E-state index in [2.05, 4.69) is 63.8 Å². The van der Waals surface area contributed by atoms with Gasteiger partial charge in [-0.05, 0) is 96.3 Å². The fourth-order valence-corrected chi connectivity index (χ4v) is 11.6. The Labute approximate surface area is 788 Å². The van der Waals surface area contributed by atoms with Gasteiger partial charge in [0.2, 0.25) is 76.8 Å². The quantitative estimate of drug-likeness (QED) is 0.0369. The number of carbonyl (C=O) groups excluding carboxylic acids is 19. The average molecular weight is 2160 g/mol. The van der Waals surface area contributed by atoms with Crippen LogP contribution in [0, 0.1) is 5.41 Å². The molecule has 0 aliphatic carbocycles. The van der Waals surface area contributed by atoms with E-state index in [1.165, 1.54) is 26.0 Å². The third kappa shape index (κ3) is 89.9. The van der Waals surface area contributed by atoms with Crippen LogP contribution in [0.4, 0.5) is 0 Å². The zero-order valence-corrected chi connectivity index (χ0v) is 84.3. The van der Waals surface area contributed by atoms with Crippen molar-refractivity contribution in [1.29, 1.82) is 0 Å². The van der Waals surface area contributed by atoms with E-state index in [9.17, 15) is 91.1 Å². The summed E-state index contributed by atoms with van der Waals surface area (Å²) in [4.78, 5) is 225. The molecule has 0 atom stereocenters. The second-order valence-corrected chi connectivity index (χ2v) is 30.5. The number of Topliss-reactive ketones (excluding diaryl/α,β-unsaturated/α-hetero) is 4. The number of ether oxygens (including phenoxy) is 4. The number of rotatable bonds is 78. The Balaban J connectivity index is -0.000000406. The Morgan fingerprint density at radius 3 is 0.789 bits per heavy atom. The van der Waals surface area contributed by atoms with Crippen LogP contribution in [0.25, 0.3) is 11.5 Å². The van der Waals surface area contributed by atoms with Gasteiger partial charge in [-0.2, -0.15) is 0 Å². The molecule has 0 saturated heterocycles. The van der Waals surface area contributed by atoms with Gasteiger partial charge in [0.15, 0.2) is 5.78 Å². The fourth-order valence-electron chi connectivity index (χ4n) is 11.6. The normalized spacial score (nSPS) is 10.4. The van der Waals surface area contributed by atoms with Crippen LogP contribution in [0.3, 0.4) is 0 Å². The summed E-state index contributed by atoms with van der Waals surface area (Å²) in [6.07, 6.45) is 23.3. The maximum atomic E-state index is 12.9. The van der Waals surface area contributed by atoms with Crippen LogP contribution >= 0.6 is 0 Å². The molecule has 738 valence electrons. The maximum absolute atomic E-state index is 12.9. The Hall–Kier alpha value is -8.09. The Morgan fingerprint density at radius 2 is 0.484 bits per heavy atom. The fraction of sp³-hybridized carbons (Fsp3) is 0.782. The van der Waals surface area contributed by atoms with E-state index >= 15 is 0 Å². The predicted molar refractivity (Wildman–Crippen MR) is 478 cm³/mol. The van der Waals surface area contributed by atoms with Gasteiger partial charge in [0, 0.05) is 240 Å². The molecule has 128 heavy (non-hydrogen) atoms. The molecule has 0 heterocycles. The van der Waals surface area contributed by atoms with Crippen LogP contribution < -0.4 is 63.8 Å². The number of hydrogen-bond acceptors (Lipinski definition) is 24. The van der Waals surface area contributed by atoms with Crippen LogP contribution in [-0.4, -0.2) is 290 Å². The van der Waals surface area contributed by atoms with Gasteiger partial charge in [-0.15, -0.1) is 0 Å². The van der Waals surface area contributed by atoms with E-state index in [0.717, 1.165) is 109 Å². The standard InChI is InChI=1S/C29H51N5O7.C28H52N6O6.C20H38N4O8.C10H19NO2.2W/c1-30-25(37)15-8-5-4-7-14-24(36)21-34(22-28(40)33-20-12-6-9-16-26(38)31-2)29(41)19-18-23(35)13-10-11-17-27(39)32-3;1-29-24(36)15-9-5-4-8-14-23(35)20-34(21-27(39)32-18-12-6-10-16-25(37)30-2)22-28(40)33-19-13-7-11-17-26(38)31-3;1-22-17(26)5-9-30-13-20(12-29-8-4-16(21)25,14-31-10-6-18(27)23-2)15-32-11-7-19(28)24-3;1-2-9(12)7-5-3-4-6-8-10(11)13;;/h4-22H2,1-3H3,(H,30,37)(H,31,38)(H,32,39)(H,33,40);4-22H2,1-3H3,(H,29,36)(H,30,37)(H,31,38)(H,32,39)(H,33,40);4-15H2,1-3H3,(H5,21,22,23,24,25,26,27,28);2-8H2,1H3,(H2,11,13);;/p-2. The SMILES string of the molecule is CCC(=O)CCCCCCC([NH-])=O.CNC(=O)CCCCCCC(=O)CN(CC(=O)NCCCCCC(=O)NC)C(=O)CCC(=O)CCCCC(=O)NC.CNC(=O)CCCCCCC(=O)CN(CC(=O)NCCCCCC(=O)NC)CC(=O)NCCCCCC(=O)NC.CNC(=O)CCOCC(COCCC([NH-])=O)(COCCC(=O)NC)COCCC(=O)NC.[W].[W]. The molecule has 0 fully saturated rings. The topological polar surface area (TPSA) is 560 Å². The summed E-state index contributed by atoms with van der Waals surface area (Å²) in [5.74, 6) is -3.12. The van der Waals surface area contributed by atoms with Gasteiger partial charge in [0.05, 0.1) is 96.9 Å². The minimum absolute atomic E-state index is 0. The third-order valence-corrected chi connectivity index (χ3v) is 19.4. The number of hydrogen-bond donors (Lipinski definition) is 12. The Morgan fingerprint density at radius 1 is 0.242 bits per heavy atom. The van der Waals surface area contributed by atoms with Gasteiger partial charge in [0.1, 0.15) is 17.3 Å². The predicted octanol–water partition coefficient (Wildman–Crippen LogP) is 4.63. The largest absolute Gasteiger partial charge is 0.668 e. The monoisotopic (exact) mass is 2160 g/mol. The summed E-state index contributed by atoms with van der Waals surface area (Å²) in [5.41, 5.74) is 12.8. The first kappa shape index (κ1) is 131. The molecular formula is C87H158N16O23W2-2. The van der Waals surface area contributed by atoms with Crippen molar-refractivity contribution < 1.29 is 152 Å². The molecule has 39 nitrogen and oxygen atoms in total. The second kappa shape index (κ2) is 92.2. The number of unbranched alkanes of at least 4 members (excludes halogenated alkanes) is 16. The van der Waals surface area contributed by atoms with Gasteiger partial charge >= 0.3 is 0 Å². The van der Waals surface area contributed by atoms with Crippen LogP contribution in [0.1, 0.15) is 270 Å². The molecule has 0 aliphatic heterocycles. The molecule has 0 aliphatic rings. The van der Waals surface area contributed by atoms with Crippen LogP contribution in [0.5, 0.6) is 0 Å². The van der Waals surface area contributed by atoms with E-state index in [1.54, 1.807) is 47.2 Å². The summed E-state index contributed by atoms with van der Waals surface area (Å²) in [7, 11) is 14.2. The molecule has 14 N–H and O–H groups in total. The third-order valence-electron chi connectivity index (χ3n) is 19.4. The summed E-state index contributed by atoms with van der Waals surface area (Å²) < 4.78 is 22.6. The number of nitrogens with zero attached hydrogens (tertiary/aromatic N) is 2. The van der Waals surface area contributed by atoms with Crippen molar-refractivity contribution in [3.63, 3.8) is 0 Å². The zero-order valence-electron chi connectivity index (χ0n) is 78.4. The van der Waals surface area contributed by atoms with Crippen molar-refractivity contribution in [1.82, 2.24) is 73.6 Å². The van der Waals surface area contributed by atoms with Crippen molar-refractivity contribution in [3.8, 4) is 0 Å². The molecule has 0 bridgehead atoms. The molecule has 0 aromatic rings. The van der Waals surface area contributed by atoms with Gasteiger partial charge in [-0.25, -0.2) is 0 Å².